The van der Waals surface area contributed by atoms with E-state index in [4.69, 9.17) is 10.6 Å². The summed E-state index contributed by atoms with van der Waals surface area (Å²) >= 11 is 0. The Kier molecular flexibility index (Phi) is 5.45. The second-order valence-electron chi connectivity index (χ2n) is 4.72. The first-order valence-electron chi connectivity index (χ1n) is 5.78. The lowest BCUT2D eigenvalue weighted by atomic mass is 9.93. The van der Waals surface area contributed by atoms with Crippen molar-refractivity contribution in [2.75, 3.05) is 13.2 Å². The monoisotopic (exact) mass is 200 g/mol. The SMILES string of the molecule is CC(C)CCCC(NN)C1CCOC1. The molecule has 0 aromatic carbocycles. The molecular weight excluding hydrogens is 176 g/mol. The molecule has 0 aromatic rings. The molecule has 0 aliphatic carbocycles. The van der Waals surface area contributed by atoms with E-state index in [0.717, 1.165) is 25.6 Å². The molecule has 1 rings (SSSR count). The molecule has 1 heterocycles. The van der Waals surface area contributed by atoms with Crippen LogP contribution in [0.1, 0.15) is 39.5 Å². The predicted octanol–water partition coefficient (Wildman–Crippen LogP) is 1.68. The van der Waals surface area contributed by atoms with Gasteiger partial charge < -0.3 is 4.74 Å². The van der Waals surface area contributed by atoms with Crippen LogP contribution in [0, 0.1) is 11.8 Å². The summed E-state index contributed by atoms with van der Waals surface area (Å²) in [4.78, 5) is 0. The van der Waals surface area contributed by atoms with Crippen LogP contribution in [-0.2, 0) is 4.74 Å². The van der Waals surface area contributed by atoms with Crippen molar-refractivity contribution < 1.29 is 4.74 Å². The largest absolute Gasteiger partial charge is 0.381 e. The van der Waals surface area contributed by atoms with Gasteiger partial charge in [0.2, 0.25) is 0 Å². The topological polar surface area (TPSA) is 47.3 Å². The molecule has 0 aromatic heterocycles. The van der Waals surface area contributed by atoms with Crippen LogP contribution in [0.4, 0.5) is 0 Å². The lowest BCUT2D eigenvalue weighted by Crippen LogP contribution is -2.41. The zero-order chi connectivity index (χ0) is 10.4. The summed E-state index contributed by atoms with van der Waals surface area (Å²) in [5.74, 6) is 6.99. The van der Waals surface area contributed by atoms with Gasteiger partial charge in [0.15, 0.2) is 0 Å². The van der Waals surface area contributed by atoms with Crippen LogP contribution in [0.15, 0.2) is 0 Å². The van der Waals surface area contributed by atoms with Crippen LogP contribution < -0.4 is 11.3 Å². The molecule has 0 radical (unpaired) electrons. The van der Waals surface area contributed by atoms with E-state index in [-0.39, 0.29) is 0 Å². The highest BCUT2D eigenvalue weighted by Gasteiger charge is 2.24. The first kappa shape index (κ1) is 12.0. The predicted molar refractivity (Wildman–Crippen MR) is 58.7 cm³/mol. The fourth-order valence-corrected chi connectivity index (χ4v) is 2.07. The van der Waals surface area contributed by atoms with E-state index in [1.165, 1.54) is 19.3 Å². The minimum absolute atomic E-state index is 0.455. The first-order chi connectivity index (χ1) is 6.74. The Bertz CT molecular complexity index is 144. The zero-order valence-corrected chi connectivity index (χ0v) is 9.46. The standard InChI is InChI=1S/C11H24N2O/c1-9(2)4-3-5-11(13-12)10-6-7-14-8-10/h9-11,13H,3-8,12H2,1-2H3. The molecule has 0 bridgehead atoms. The molecule has 1 saturated heterocycles. The second kappa shape index (κ2) is 6.38. The molecule has 3 N–H and O–H groups in total. The average molecular weight is 200 g/mol. The third kappa shape index (κ3) is 3.95. The molecule has 3 heteroatoms. The van der Waals surface area contributed by atoms with Crippen molar-refractivity contribution in [1.82, 2.24) is 5.43 Å². The van der Waals surface area contributed by atoms with Gasteiger partial charge in [-0.2, -0.15) is 0 Å². The lowest BCUT2D eigenvalue weighted by molar-refractivity contribution is 0.174. The van der Waals surface area contributed by atoms with E-state index >= 15 is 0 Å². The molecule has 1 aliphatic rings. The van der Waals surface area contributed by atoms with E-state index < -0.39 is 0 Å². The normalized spacial score (nSPS) is 24.4. The van der Waals surface area contributed by atoms with Gasteiger partial charge in [0.25, 0.3) is 0 Å². The number of hydrogen-bond donors (Lipinski definition) is 2. The Morgan fingerprint density at radius 3 is 2.71 bits per heavy atom. The van der Waals surface area contributed by atoms with Gasteiger partial charge in [0.1, 0.15) is 0 Å². The third-order valence-electron chi connectivity index (χ3n) is 3.04. The van der Waals surface area contributed by atoms with Crippen molar-refractivity contribution >= 4 is 0 Å². The number of ether oxygens (including phenoxy) is 1. The Balaban J connectivity index is 2.17. The molecule has 2 atom stereocenters. The zero-order valence-electron chi connectivity index (χ0n) is 9.46. The smallest absolute Gasteiger partial charge is 0.0510 e. The maximum absolute atomic E-state index is 5.56. The van der Waals surface area contributed by atoms with Crippen molar-refractivity contribution in [2.24, 2.45) is 17.7 Å². The fraction of sp³-hybridized carbons (Fsp3) is 1.00. The summed E-state index contributed by atoms with van der Waals surface area (Å²) in [6, 6.07) is 0.455. The van der Waals surface area contributed by atoms with Gasteiger partial charge in [-0.15, -0.1) is 0 Å². The fourth-order valence-electron chi connectivity index (χ4n) is 2.07. The highest BCUT2D eigenvalue weighted by Crippen LogP contribution is 2.20. The molecule has 1 aliphatic heterocycles. The summed E-state index contributed by atoms with van der Waals surface area (Å²) in [6.07, 6.45) is 4.91. The van der Waals surface area contributed by atoms with Gasteiger partial charge in [0, 0.05) is 18.6 Å². The van der Waals surface area contributed by atoms with E-state index in [1.54, 1.807) is 0 Å². The summed E-state index contributed by atoms with van der Waals surface area (Å²) < 4.78 is 5.37. The number of rotatable bonds is 6. The van der Waals surface area contributed by atoms with Gasteiger partial charge in [-0.25, -0.2) is 0 Å². The summed E-state index contributed by atoms with van der Waals surface area (Å²) in [6.45, 7) is 6.33. The minimum atomic E-state index is 0.455. The van der Waals surface area contributed by atoms with Crippen molar-refractivity contribution in [3.8, 4) is 0 Å². The highest BCUT2D eigenvalue weighted by atomic mass is 16.5. The maximum atomic E-state index is 5.56. The lowest BCUT2D eigenvalue weighted by Gasteiger charge is -2.21. The molecule has 0 spiro atoms. The number of nitrogens with one attached hydrogen (secondary N) is 1. The van der Waals surface area contributed by atoms with Crippen LogP contribution in [0.2, 0.25) is 0 Å². The van der Waals surface area contributed by atoms with Gasteiger partial charge in [-0.1, -0.05) is 26.7 Å². The molecular formula is C11H24N2O. The molecule has 1 fully saturated rings. The summed E-state index contributed by atoms with van der Waals surface area (Å²) in [5.41, 5.74) is 2.94. The Labute approximate surface area is 87.4 Å². The van der Waals surface area contributed by atoms with Crippen molar-refractivity contribution in [3.05, 3.63) is 0 Å². The van der Waals surface area contributed by atoms with Gasteiger partial charge in [0.05, 0.1) is 6.61 Å². The van der Waals surface area contributed by atoms with E-state index in [9.17, 15) is 0 Å². The van der Waals surface area contributed by atoms with Crippen LogP contribution in [0.5, 0.6) is 0 Å². The average Bonchev–Trinajstić information content (AvgIpc) is 2.64. The second-order valence-corrected chi connectivity index (χ2v) is 4.72. The van der Waals surface area contributed by atoms with Gasteiger partial charge >= 0.3 is 0 Å². The van der Waals surface area contributed by atoms with Crippen molar-refractivity contribution in [3.63, 3.8) is 0 Å². The molecule has 84 valence electrons. The van der Waals surface area contributed by atoms with Gasteiger partial charge in [-0.05, 0) is 18.8 Å². The molecule has 3 nitrogen and oxygen atoms in total. The quantitative estimate of drug-likeness (QED) is 0.506. The molecule has 0 amide bonds. The maximum Gasteiger partial charge on any atom is 0.0510 e. The van der Waals surface area contributed by atoms with Crippen LogP contribution >= 0.6 is 0 Å². The Morgan fingerprint density at radius 1 is 1.43 bits per heavy atom. The van der Waals surface area contributed by atoms with Crippen LogP contribution in [0.25, 0.3) is 0 Å². The third-order valence-corrected chi connectivity index (χ3v) is 3.04. The van der Waals surface area contributed by atoms with Crippen molar-refractivity contribution in [2.45, 2.75) is 45.6 Å². The molecule has 0 saturated carbocycles. The van der Waals surface area contributed by atoms with Crippen molar-refractivity contribution in [1.29, 1.82) is 0 Å². The number of hydrogen-bond acceptors (Lipinski definition) is 3. The molecule has 14 heavy (non-hydrogen) atoms. The summed E-state index contributed by atoms with van der Waals surface area (Å²) in [5, 5.41) is 0. The van der Waals surface area contributed by atoms with E-state index in [0.29, 0.717) is 12.0 Å². The molecule has 2 unspecified atom stereocenters. The van der Waals surface area contributed by atoms with Crippen LogP contribution in [-0.4, -0.2) is 19.3 Å². The van der Waals surface area contributed by atoms with Gasteiger partial charge in [-0.3, -0.25) is 11.3 Å². The Morgan fingerprint density at radius 2 is 2.21 bits per heavy atom. The number of hydrazine groups is 1. The van der Waals surface area contributed by atoms with E-state index in [2.05, 4.69) is 19.3 Å². The Hall–Kier alpha value is -0.120. The minimum Gasteiger partial charge on any atom is -0.381 e. The highest BCUT2D eigenvalue weighted by molar-refractivity contribution is 4.77. The first-order valence-corrected chi connectivity index (χ1v) is 5.78. The number of nitrogens with two attached hydrogens (primary N) is 1. The summed E-state index contributed by atoms with van der Waals surface area (Å²) in [7, 11) is 0. The van der Waals surface area contributed by atoms with Crippen LogP contribution in [0.3, 0.4) is 0 Å². The van der Waals surface area contributed by atoms with E-state index in [1.807, 2.05) is 0 Å².